The molecule has 0 spiro atoms. The summed E-state index contributed by atoms with van der Waals surface area (Å²) in [5.41, 5.74) is 7.87. The minimum absolute atomic E-state index is 0.990. The van der Waals surface area contributed by atoms with E-state index in [2.05, 4.69) is 102 Å². The third-order valence-corrected chi connectivity index (χ3v) is 5.90. The van der Waals surface area contributed by atoms with Crippen LogP contribution < -0.4 is 0 Å². The Morgan fingerprint density at radius 3 is 2.45 bits per heavy atom. The number of para-hydroxylation sites is 2. The van der Waals surface area contributed by atoms with Crippen molar-refractivity contribution in [2.45, 2.75) is 19.4 Å². The number of aromatic amines is 1. The molecule has 4 aromatic rings. The Labute approximate surface area is 172 Å². The van der Waals surface area contributed by atoms with Crippen molar-refractivity contribution in [2.75, 3.05) is 20.6 Å². The van der Waals surface area contributed by atoms with Crippen molar-refractivity contribution >= 4 is 33.0 Å². The average Bonchev–Trinajstić information content (AvgIpc) is 3.44. The molecule has 1 aliphatic carbocycles. The molecule has 0 atom stereocenters. The van der Waals surface area contributed by atoms with Gasteiger partial charge in [0.05, 0.1) is 0 Å². The predicted molar refractivity (Wildman–Crippen MR) is 124 cm³/mol. The number of aryl methyl sites for hydroxylation is 1. The molecule has 0 saturated carbocycles. The second kappa shape index (κ2) is 7.41. The quantitative estimate of drug-likeness (QED) is 0.439. The molecule has 5 rings (SSSR count). The maximum Gasteiger partial charge on any atom is 0.0486 e. The number of allylic oxidation sites excluding steroid dienone is 4. The summed E-state index contributed by atoms with van der Waals surface area (Å²) in [5.74, 6) is 0. The van der Waals surface area contributed by atoms with Crippen molar-refractivity contribution < 1.29 is 0 Å². The summed E-state index contributed by atoms with van der Waals surface area (Å²) in [4.78, 5) is 5.69. The maximum absolute atomic E-state index is 3.44. The van der Waals surface area contributed by atoms with Crippen LogP contribution in [-0.2, 0) is 6.54 Å². The zero-order valence-corrected chi connectivity index (χ0v) is 17.2. The van der Waals surface area contributed by atoms with Crippen LogP contribution in [0.25, 0.3) is 33.0 Å². The van der Waals surface area contributed by atoms with Crippen LogP contribution in [0, 0.1) is 0 Å². The fourth-order valence-corrected chi connectivity index (χ4v) is 4.52. The van der Waals surface area contributed by atoms with E-state index in [1.165, 1.54) is 44.1 Å². The topological polar surface area (TPSA) is 24.0 Å². The monoisotopic (exact) mass is 381 g/mol. The molecule has 0 unspecified atom stereocenters. The van der Waals surface area contributed by atoms with Gasteiger partial charge in [0.1, 0.15) is 0 Å². The number of fused-ring (bicyclic) bond motifs is 2. The normalized spacial score (nSPS) is 14.2. The fraction of sp³-hybridized carbons (Fsp3) is 0.231. The van der Waals surface area contributed by atoms with Crippen LogP contribution in [0.15, 0.2) is 73.1 Å². The lowest BCUT2D eigenvalue weighted by Gasteiger charge is -2.10. The molecule has 0 fully saturated rings. The number of hydrogen-bond acceptors (Lipinski definition) is 1. The molecule has 2 aromatic heterocycles. The van der Waals surface area contributed by atoms with Crippen molar-refractivity contribution in [3.63, 3.8) is 0 Å². The second-order valence-electron chi connectivity index (χ2n) is 8.13. The summed E-state index contributed by atoms with van der Waals surface area (Å²) in [6.45, 7) is 2.14. The highest BCUT2D eigenvalue weighted by atomic mass is 15.1. The number of rotatable bonds is 6. The summed E-state index contributed by atoms with van der Waals surface area (Å²) in [6.07, 6.45) is 11.4. The Balaban J connectivity index is 1.56. The first-order chi connectivity index (χ1) is 14.2. The zero-order chi connectivity index (χ0) is 19.8. The molecule has 29 heavy (non-hydrogen) atoms. The van der Waals surface area contributed by atoms with Gasteiger partial charge in [-0.3, -0.25) is 0 Å². The number of H-pyrrole nitrogens is 1. The molecule has 146 valence electrons. The van der Waals surface area contributed by atoms with Gasteiger partial charge in [-0.25, -0.2) is 0 Å². The lowest BCUT2D eigenvalue weighted by molar-refractivity contribution is 0.388. The molecular weight excluding hydrogens is 354 g/mol. The summed E-state index contributed by atoms with van der Waals surface area (Å²) in [7, 11) is 4.28. The summed E-state index contributed by atoms with van der Waals surface area (Å²) < 4.78 is 2.43. The molecule has 1 aliphatic rings. The number of hydrogen-bond donors (Lipinski definition) is 1. The van der Waals surface area contributed by atoms with Crippen LogP contribution in [0.2, 0.25) is 0 Å². The number of benzene rings is 2. The molecular formula is C26H27N3. The van der Waals surface area contributed by atoms with Gasteiger partial charge >= 0.3 is 0 Å². The lowest BCUT2D eigenvalue weighted by Crippen LogP contribution is -2.14. The van der Waals surface area contributed by atoms with Crippen molar-refractivity contribution in [2.24, 2.45) is 0 Å². The SMILES string of the molecule is CN(C)CCCn1cc(C2=CCC=C2c2c[nH]c3ccccc23)c2ccccc21. The maximum atomic E-state index is 3.44. The van der Waals surface area contributed by atoms with Crippen molar-refractivity contribution in [3.8, 4) is 0 Å². The van der Waals surface area contributed by atoms with E-state index in [0.717, 1.165) is 25.9 Å². The standard InChI is InChI=1S/C26H27N3/c1-28(2)15-8-16-29-18-24(22-10-4-6-14-26(22)29)20-12-7-11-19(20)23-17-27-25-13-5-3-9-21(23)25/h3-6,9-14,17-18,27H,7-8,15-16H2,1-2H3. The van der Waals surface area contributed by atoms with Crippen LogP contribution in [0.1, 0.15) is 24.0 Å². The van der Waals surface area contributed by atoms with Gasteiger partial charge < -0.3 is 14.5 Å². The van der Waals surface area contributed by atoms with Crippen LogP contribution >= 0.6 is 0 Å². The third-order valence-electron chi connectivity index (χ3n) is 5.90. The van der Waals surface area contributed by atoms with Crippen LogP contribution in [0.3, 0.4) is 0 Å². The molecule has 2 aromatic carbocycles. The van der Waals surface area contributed by atoms with E-state index in [1.807, 2.05) is 0 Å². The Hall–Kier alpha value is -3.04. The molecule has 0 bridgehead atoms. The van der Waals surface area contributed by atoms with Crippen LogP contribution in [0.5, 0.6) is 0 Å². The molecule has 0 saturated heterocycles. The molecule has 3 heteroatoms. The third kappa shape index (κ3) is 3.22. The first-order valence-electron chi connectivity index (χ1n) is 10.4. The van der Waals surface area contributed by atoms with Gasteiger partial charge in [0.25, 0.3) is 0 Å². The zero-order valence-electron chi connectivity index (χ0n) is 17.2. The molecule has 0 amide bonds. The van der Waals surface area contributed by atoms with Gasteiger partial charge in [0, 0.05) is 51.9 Å². The minimum atomic E-state index is 0.990. The highest BCUT2D eigenvalue weighted by Gasteiger charge is 2.20. The van der Waals surface area contributed by atoms with E-state index < -0.39 is 0 Å². The lowest BCUT2D eigenvalue weighted by atomic mass is 9.94. The van der Waals surface area contributed by atoms with Crippen LogP contribution in [0.4, 0.5) is 0 Å². The number of nitrogens with zero attached hydrogens (tertiary/aromatic N) is 2. The van der Waals surface area contributed by atoms with Crippen molar-refractivity contribution in [1.29, 1.82) is 0 Å². The van der Waals surface area contributed by atoms with Gasteiger partial charge in [0.2, 0.25) is 0 Å². The van der Waals surface area contributed by atoms with E-state index >= 15 is 0 Å². The molecule has 3 nitrogen and oxygen atoms in total. The van der Waals surface area contributed by atoms with Gasteiger partial charge in [-0.05, 0) is 56.8 Å². The average molecular weight is 382 g/mol. The van der Waals surface area contributed by atoms with Gasteiger partial charge in [-0.1, -0.05) is 48.6 Å². The van der Waals surface area contributed by atoms with E-state index in [9.17, 15) is 0 Å². The molecule has 2 heterocycles. The smallest absolute Gasteiger partial charge is 0.0486 e. The first kappa shape index (κ1) is 18.0. The summed E-state index contributed by atoms with van der Waals surface area (Å²) in [6, 6.07) is 17.4. The van der Waals surface area contributed by atoms with Crippen molar-refractivity contribution in [1.82, 2.24) is 14.5 Å². The van der Waals surface area contributed by atoms with E-state index in [-0.39, 0.29) is 0 Å². The fourth-order valence-electron chi connectivity index (χ4n) is 4.52. The van der Waals surface area contributed by atoms with E-state index in [1.54, 1.807) is 0 Å². The van der Waals surface area contributed by atoms with E-state index in [4.69, 9.17) is 0 Å². The van der Waals surface area contributed by atoms with Gasteiger partial charge in [-0.15, -0.1) is 0 Å². The Morgan fingerprint density at radius 1 is 0.897 bits per heavy atom. The number of nitrogens with one attached hydrogen (secondary N) is 1. The largest absolute Gasteiger partial charge is 0.361 e. The van der Waals surface area contributed by atoms with Gasteiger partial charge in [0.15, 0.2) is 0 Å². The Kier molecular flexibility index (Phi) is 4.61. The highest BCUT2D eigenvalue weighted by molar-refractivity contribution is 6.15. The summed E-state index contributed by atoms with van der Waals surface area (Å²) >= 11 is 0. The van der Waals surface area contributed by atoms with Crippen LogP contribution in [-0.4, -0.2) is 35.1 Å². The highest BCUT2D eigenvalue weighted by Crippen LogP contribution is 2.42. The van der Waals surface area contributed by atoms with E-state index in [0.29, 0.717) is 0 Å². The van der Waals surface area contributed by atoms with Crippen molar-refractivity contribution in [3.05, 3.63) is 84.2 Å². The minimum Gasteiger partial charge on any atom is -0.361 e. The molecule has 1 N–H and O–H groups in total. The Bertz CT molecular complexity index is 1230. The Morgan fingerprint density at radius 2 is 1.62 bits per heavy atom. The second-order valence-corrected chi connectivity index (χ2v) is 8.13. The molecule has 0 radical (unpaired) electrons. The first-order valence-corrected chi connectivity index (χ1v) is 10.4. The predicted octanol–water partition coefficient (Wildman–Crippen LogP) is 5.95. The number of aromatic nitrogens is 2. The van der Waals surface area contributed by atoms with Gasteiger partial charge in [-0.2, -0.15) is 0 Å². The summed E-state index contributed by atoms with van der Waals surface area (Å²) in [5, 5.41) is 2.64. The molecule has 0 aliphatic heterocycles.